The molecule has 1 amide bonds. The van der Waals surface area contributed by atoms with E-state index in [1.54, 1.807) is 23.1 Å². The van der Waals surface area contributed by atoms with Gasteiger partial charge in [0, 0.05) is 12.3 Å². The standard InChI is InChI=1S/C14H20N2OS2/c1-18-9-7-16-12(11-4-8-19-10-11)15-14(13(16)17)5-2-3-6-14/h4,8,10,12,15H,2-3,5-7,9H2,1H3. The van der Waals surface area contributed by atoms with Crippen molar-refractivity contribution in [3.05, 3.63) is 22.4 Å². The van der Waals surface area contributed by atoms with Crippen molar-refractivity contribution in [1.29, 1.82) is 0 Å². The van der Waals surface area contributed by atoms with Crippen molar-refractivity contribution in [2.75, 3.05) is 18.6 Å². The van der Waals surface area contributed by atoms with Crippen molar-refractivity contribution in [1.82, 2.24) is 10.2 Å². The molecule has 1 aliphatic carbocycles. The predicted molar refractivity (Wildman–Crippen MR) is 81.5 cm³/mol. The van der Waals surface area contributed by atoms with E-state index in [1.165, 1.54) is 18.4 Å². The SMILES string of the molecule is CSCCN1C(=O)C2(CCCC2)NC1c1ccsc1. The molecule has 1 atom stereocenters. The lowest BCUT2D eigenvalue weighted by atomic mass is 9.98. The molecular formula is C14H20N2OS2. The van der Waals surface area contributed by atoms with E-state index in [2.05, 4.69) is 33.3 Å². The van der Waals surface area contributed by atoms with Crippen LogP contribution in [0.5, 0.6) is 0 Å². The maximum Gasteiger partial charge on any atom is 0.244 e. The third-order valence-electron chi connectivity index (χ3n) is 4.25. The lowest BCUT2D eigenvalue weighted by Crippen LogP contribution is -2.44. The molecule has 1 aromatic heterocycles. The molecule has 1 saturated carbocycles. The number of nitrogens with zero attached hydrogens (tertiary/aromatic N) is 1. The van der Waals surface area contributed by atoms with Crippen LogP contribution in [-0.2, 0) is 4.79 Å². The largest absolute Gasteiger partial charge is 0.320 e. The molecule has 2 fully saturated rings. The van der Waals surface area contributed by atoms with Crippen molar-refractivity contribution in [2.45, 2.75) is 37.4 Å². The van der Waals surface area contributed by atoms with Crippen molar-refractivity contribution in [3.63, 3.8) is 0 Å². The van der Waals surface area contributed by atoms with Gasteiger partial charge in [-0.3, -0.25) is 10.1 Å². The average Bonchev–Trinajstić information content (AvgIpc) is 3.13. The molecule has 1 N–H and O–H groups in total. The first-order chi connectivity index (χ1) is 9.27. The Labute approximate surface area is 122 Å². The zero-order chi connectivity index (χ0) is 13.3. The van der Waals surface area contributed by atoms with Crippen LogP contribution in [-0.4, -0.2) is 34.9 Å². The van der Waals surface area contributed by atoms with Crippen LogP contribution in [0.2, 0.25) is 0 Å². The van der Waals surface area contributed by atoms with Crippen LogP contribution in [0, 0.1) is 0 Å². The van der Waals surface area contributed by atoms with Gasteiger partial charge in [-0.15, -0.1) is 0 Å². The number of carbonyl (C=O) groups excluding carboxylic acids is 1. The fraction of sp³-hybridized carbons (Fsp3) is 0.643. The molecule has 2 aliphatic rings. The summed E-state index contributed by atoms with van der Waals surface area (Å²) in [5.74, 6) is 1.33. The highest BCUT2D eigenvalue weighted by atomic mass is 32.2. The molecule has 1 saturated heterocycles. The van der Waals surface area contributed by atoms with Crippen LogP contribution in [0.25, 0.3) is 0 Å². The topological polar surface area (TPSA) is 32.3 Å². The molecule has 5 heteroatoms. The quantitative estimate of drug-likeness (QED) is 0.927. The fourth-order valence-electron chi connectivity index (χ4n) is 3.24. The Bertz CT molecular complexity index is 440. The number of amides is 1. The summed E-state index contributed by atoms with van der Waals surface area (Å²) in [5.41, 5.74) is 0.980. The zero-order valence-electron chi connectivity index (χ0n) is 11.2. The van der Waals surface area contributed by atoms with E-state index in [1.807, 2.05) is 0 Å². The van der Waals surface area contributed by atoms with Crippen LogP contribution in [0.4, 0.5) is 0 Å². The molecule has 0 bridgehead atoms. The number of rotatable bonds is 4. The van der Waals surface area contributed by atoms with Gasteiger partial charge in [0.1, 0.15) is 6.17 Å². The molecule has 3 rings (SSSR count). The van der Waals surface area contributed by atoms with E-state index < -0.39 is 0 Å². The molecule has 104 valence electrons. The third kappa shape index (κ3) is 2.32. The molecule has 1 spiro atoms. The van der Waals surface area contributed by atoms with E-state index in [0.29, 0.717) is 5.91 Å². The highest BCUT2D eigenvalue weighted by molar-refractivity contribution is 7.98. The second-order valence-electron chi connectivity index (χ2n) is 5.38. The first kappa shape index (κ1) is 13.5. The minimum Gasteiger partial charge on any atom is -0.320 e. The van der Waals surface area contributed by atoms with Crippen molar-refractivity contribution < 1.29 is 4.79 Å². The van der Waals surface area contributed by atoms with Crippen molar-refractivity contribution >= 4 is 29.0 Å². The summed E-state index contributed by atoms with van der Waals surface area (Å²) in [5, 5.41) is 7.90. The van der Waals surface area contributed by atoms with Gasteiger partial charge in [0.25, 0.3) is 0 Å². The maximum atomic E-state index is 12.8. The number of thioether (sulfide) groups is 1. The number of hydrogen-bond donors (Lipinski definition) is 1. The van der Waals surface area contributed by atoms with Gasteiger partial charge < -0.3 is 4.90 Å². The number of thiophene rings is 1. The Kier molecular flexibility index (Phi) is 3.87. The second kappa shape index (κ2) is 5.46. The lowest BCUT2D eigenvalue weighted by molar-refractivity contribution is -0.133. The molecule has 3 nitrogen and oxygen atoms in total. The van der Waals surface area contributed by atoms with Crippen molar-refractivity contribution in [2.24, 2.45) is 0 Å². The predicted octanol–water partition coefficient (Wildman–Crippen LogP) is 2.85. The molecular weight excluding hydrogens is 276 g/mol. The van der Waals surface area contributed by atoms with Crippen LogP contribution >= 0.6 is 23.1 Å². The Hall–Kier alpha value is -0.520. The number of carbonyl (C=O) groups is 1. The van der Waals surface area contributed by atoms with E-state index >= 15 is 0 Å². The second-order valence-corrected chi connectivity index (χ2v) is 7.15. The molecule has 1 aliphatic heterocycles. The van der Waals surface area contributed by atoms with Gasteiger partial charge in [0.15, 0.2) is 0 Å². The molecule has 19 heavy (non-hydrogen) atoms. The summed E-state index contributed by atoms with van der Waals surface area (Å²) in [6, 6.07) is 2.13. The van der Waals surface area contributed by atoms with E-state index in [9.17, 15) is 4.79 Å². The average molecular weight is 296 g/mol. The Morgan fingerprint density at radius 1 is 1.53 bits per heavy atom. The first-order valence-corrected chi connectivity index (χ1v) is 9.20. The van der Waals surface area contributed by atoms with Crippen LogP contribution in [0.3, 0.4) is 0 Å². The van der Waals surface area contributed by atoms with Gasteiger partial charge >= 0.3 is 0 Å². The lowest BCUT2D eigenvalue weighted by Gasteiger charge is -2.23. The Morgan fingerprint density at radius 2 is 2.32 bits per heavy atom. The minimum absolute atomic E-state index is 0.0870. The highest BCUT2D eigenvalue weighted by Crippen LogP contribution is 2.41. The molecule has 1 unspecified atom stereocenters. The summed E-state index contributed by atoms with van der Waals surface area (Å²) in [6.07, 6.45) is 6.53. The smallest absolute Gasteiger partial charge is 0.244 e. The van der Waals surface area contributed by atoms with Crippen LogP contribution in [0.15, 0.2) is 16.8 Å². The van der Waals surface area contributed by atoms with Gasteiger partial charge in [-0.2, -0.15) is 23.1 Å². The summed E-state index contributed by atoms with van der Waals surface area (Å²) < 4.78 is 0. The summed E-state index contributed by atoms with van der Waals surface area (Å²) in [4.78, 5) is 14.9. The zero-order valence-corrected chi connectivity index (χ0v) is 12.9. The van der Waals surface area contributed by atoms with Crippen molar-refractivity contribution in [3.8, 4) is 0 Å². The van der Waals surface area contributed by atoms with Gasteiger partial charge in [0.05, 0.1) is 5.54 Å². The normalized spacial score (nSPS) is 25.6. The molecule has 0 radical (unpaired) electrons. The van der Waals surface area contributed by atoms with Gasteiger partial charge in [-0.05, 0) is 41.5 Å². The summed E-state index contributed by atoms with van der Waals surface area (Å²) >= 11 is 3.50. The molecule has 2 heterocycles. The summed E-state index contributed by atoms with van der Waals surface area (Å²) in [6.45, 7) is 0.843. The van der Waals surface area contributed by atoms with Crippen LogP contribution < -0.4 is 5.32 Å². The maximum absolute atomic E-state index is 12.8. The number of hydrogen-bond acceptors (Lipinski definition) is 4. The highest BCUT2D eigenvalue weighted by Gasteiger charge is 2.52. The molecule has 1 aromatic rings. The van der Waals surface area contributed by atoms with Crippen LogP contribution in [0.1, 0.15) is 37.4 Å². The van der Waals surface area contributed by atoms with Gasteiger partial charge in [-0.1, -0.05) is 12.8 Å². The number of nitrogens with one attached hydrogen (secondary N) is 1. The Balaban J connectivity index is 1.86. The Morgan fingerprint density at radius 3 is 2.95 bits per heavy atom. The molecule has 0 aromatic carbocycles. The fourth-order valence-corrected chi connectivity index (χ4v) is 4.30. The monoisotopic (exact) mass is 296 g/mol. The third-order valence-corrected chi connectivity index (χ3v) is 5.54. The minimum atomic E-state index is -0.259. The first-order valence-electron chi connectivity index (χ1n) is 6.87. The summed E-state index contributed by atoms with van der Waals surface area (Å²) in [7, 11) is 0. The van der Waals surface area contributed by atoms with E-state index in [-0.39, 0.29) is 11.7 Å². The van der Waals surface area contributed by atoms with E-state index in [0.717, 1.165) is 25.1 Å². The van der Waals surface area contributed by atoms with Gasteiger partial charge in [-0.25, -0.2) is 0 Å². The van der Waals surface area contributed by atoms with Gasteiger partial charge in [0.2, 0.25) is 5.91 Å². The van der Waals surface area contributed by atoms with E-state index in [4.69, 9.17) is 0 Å².